The molecule has 0 saturated heterocycles. The third-order valence-corrected chi connectivity index (χ3v) is 2.92. The van der Waals surface area contributed by atoms with Gasteiger partial charge in [0.2, 0.25) is 0 Å². The largest absolute Gasteiger partial charge is 0.276 e. The van der Waals surface area contributed by atoms with E-state index in [1.54, 1.807) is 42.5 Å². The Morgan fingerprint density at radius 1 is 1.05 bits per heavy atom. The molecule has 0 fully saturated rings. The number of benzene rings is 2. The van der Waals surface area contributed by atoms with Gasteiger partial charge in [-0.25, -0.2) is 0 Å². The zero-order valence-corrected chi connectivity index (χ0v) is 11.1. The zero-order valence-electron chi connectivity index (χ0n) is 10.3. The molecule has 2 aromatic carbocycles. The number of carbonyl (C=O) groups excluding carboxylic acids is 1. The number of nitro groups is 1. The van der Waals surface area contributed by atoms with Crippen LogP contribution in [0, 0.1) is 10.1 Å². The van der Waals surface area contributed by atoms with Crippen molar-refractivity contribution >= 4 is 34.2 Å². The molecule has 0 atom stereocenters. The van der Waals surface area contributed by atoms with E-state index in [9.17, 15) is 14.9 Å². The molecular weight excluding hydrogens is 278 g/mol. The first kappa shape index (κ1) is 14.0. The van der Waals surface area contributed by atoms with Gasteiger partial charge in [-0.2, -0.15) is 0 Å². The molecule has 0 unspecified atom stereocenters. The minimum absolute atomic E-state index is 0.000566. The van der Waals surface area contributed by atoms with E-state index >= 15 is 0 Å². The van der Waals surface area contributed by atoms with Crippen LogP contribution in [0.25, 0.3) is 11.6 Å². The molecule has 0 spiro atoms. The monoisotopic (exact) mass is 287 g/mol. The van der Waals surface area contributed by atoms with Crippen molar-refractivity contribution in [3.05, 3.63) is 75.8 Å². The van der Waals surface area contributed by atoms with E-state index in [1.807, 2.05) is 6.07 Å². The summed E-state index contributed by atoms with van der Waals surface area (Å²) in [5.41, 5.74) is 1.72. The number of halogens is 1. The molecule has 20 heavy (non-hydrogen) atoms. The standard InChI is InChI=1S/C15H10ClNO3/c16-15(18)14(12-4-2-1-3-5-12)10-11-6-8-13(9-7-11)17(19)20/h1-10H/b14-10-. The van der Waals surface area contributed by atoms with Crippen LogP contribution >= 0.6 is 11.6 Å². The van der Waals surface area contributed by atoms with Crippen molar-refractivity contribution in [1.29, 1.82) is 0 Å². The maximum atomic E-state index is 11.5. The lowest BCUT2D eigenvalue weighted by Gasteiger charge is -2.03. The lowest BCUT2D eigenvalue weighted by atomic mass is 10.0. The maximum absolute atomic E-state index is 11.5. The maximum Gasteiger partial charge on any atom is 0.269 e. The molecule has 0 aliphatic heterocycles. The average Bonchev–Trinajstić information content (AvgIpc) is 2.46. The van der Waals surface area contributed by atoms with Crippen LogP contribution in [-0.2, 0) is 4.79 Å². The van der Waals surface area contributed by atoms with Gasteiger partial charge in [0.1, 0.15) is 0 Å². The van der Waals surface area contributed by atoms with Crippen LogP contribution in [0.4, 0.5) is 5.69 Å². The van der Waals surface area contributed by atoms with Crippen molar-refractivity contribution in [3.8, 4) is 0 Å². The highest BCUT2D eigenvalue weighted by molar-refractivity contribution is 6.75. The quantitative estimate of drug-likeness (QED) is 0.282. The van der Waals surface area contributed by atoms with Crippen molar-refractivity contribution in [1.82, 2.24) is 0 Å². The molecule has 0 bridgehead atoms. The molecule has 100 valence electrons. The van der Waals surface area contributed by atoms with Crippen LogP contribution in [0.2, 0.25) is 0 Å². The van der Waals surface area contributed by atoms with Crippen LogP contribution < -0.4 is 0 Å². The third-order valence-electron chi connectivity index (χ3n) is 2.71. The Hall–Kier alpha value is -2.46. The summed E-state index contributed by atoms with van der Waals surface area (Å²) in [5, 5.41) is 10.0. The summed E-state index contributed by atoms with van der Waals surface area (Å²) in [6, 6.07) is 14.9. The van der Waals surface area contributed by atoms with Crippen molar-refractivity contribution < 1.29 is 9.72 Å². The molecule has 0 aliphatic carbocycles. The molecule has 2 rings (SSSR count). The average molecular weight is 288 g/mol. The first-order valence-electron chi connectivity index (χ1n) is 5.79. The Morgan fingerprint density at radius 3 is 2.15 bits per heavy atom. The highest BCUT2D eigenvalue weighted by Gasteiger charge is 2.09. The number of hydrogen-bond acceptors (Lipinski definition) is 3. The molecule has 0 heterocycles. The lowest BCUT2D eigenvalue weighted by Crippen LogP contribution is -1.93. The Balaban J connectivity index is 2.39. The second kappa shape index (κ2) is 6.12. The summed E-state index contributed by atoms with van der Waals surface area (Å²) in [4.78, 5) is 21.6. The van der Waals surface area contributed by atoms with E-state index in [-0.39, 0.29) is 5.69 Å². The van der Waals surface area contributed by atoms with Crippen LogP contribution in [0.1, 0.15) is 11.1 Å². The minimum atomic E-state index is -0.574. The molecule has 2 aromatic rings. The van der Waals surface area contributed by atoms with E-state index < -0.39 is 10.2 Å². The SMILES string of the molecule is O=C(Cl)/C(=C\c1ccc([N+](=O)[O-])cc1)c1ccccc1. The minimum Gasteiger partial charge on any atom is -0.276 e. The number of nitro benzene ring substituents is 1. The normalized spacial score (nSPS) is 11.2. The summed E-state index contributed by atoms with van der Waals surface area (Å²) in [6.07, 6.45) is 1.61. The fourth-order valence-corrected chi connectivity index (χ4v) is 1.89. The number of hydrogen-bond donors (Lipinski definition) is 0. The van der Waals surface area contributed by atoms with Gasteiger partial charge < -0.3 is 0 Å². The van der Waals surface area contributed by atoms with Crippen LogP contribution in [0.5, 0.6) is 0 Å². The molecule has 0 aliphatic rings. The molecule has 4 nitrogen and oxygen atoms in total. The van der Waals surface area contributed by atoms with Gasteiger partial charge in [-0.3, -0.25) is 14.9 Å². The fraction of sp³-hybridized carbons (Fsp3) is 0. The third kappa shape index (κ3) is 3.30. The van der Waals surface area contributed by atoms with Gasteiger partial charge in [0.25, 0.3) is 10.9 Å². The molecule has 0 saturated carbocycles. The van der Waals surface area contributed by atoms with Crippen molar-refractivity contribution in [2.75, 3.05) is 0 Å². The van der Waals surface area contributed by atoms with Crippen molar-refractivity contribution in [3.63, 3.8) is 0 Å². The number of nitrogens with zero attached hydrogens (tertiary/aromatic N) is 1. The molecule has 0 N–H and O–H groups in total. The van der Waals surface area contributed by atoms with Gasteiger partial charge in [-0.15, -0.1) is 0 Å². The second-order valence-corrected chi connectivity index (χ2v) is 4.39. The van der Waals surface area contributed by atoms with Gasteiger partial charge in [0.05, 0.1) is 4.92 Å². The fourth-order valence-electron chi connectivity index (χ4n) is 1.73. The van der Waals surface area contributed by atoms with Gasteiger partial charge in [0.15, 0.2) is 0 Å². The van der Waals surface area contributed by atoms with E-state index in [0.717, 1.165) is 0 Å². The van der Waals surface area contributed by atoms with Gasteiger partial charge in [0, 0.05) is 17.7 Å². The Labute approximate surface area is 120 Å². The van der Waals surface area contributed by atoms with E-state index in [2.05, 4.69) is 0 Å². The highest BCUT2D eigenvalue weighted by Crippen LogP contribution is 2.22. The molecular formula is C15H10ClNO3. The van der Waals surface area contributed by atoms with Gasteiger partial charge in [-0.1, -0.05) is 30.3 Å². The molecule has 0 aromatic heterocycles. The number of carbonyl (C=O) groups is 1. The summed E-state index contributed by atoms with van der Waals surface area (Å²) in [6.45, 7) is 0. The molecule has 0 radical (unpaired) electrons. The second-order valence-electron chi connectivity index (χ2n) is 4.05. The summed E-state index contributed by atoms with van der Waals surface area (Å²) in [7, 11) is 0. The molecule has 0 amide bonds. The van der Waals surface area contributed by atoms with E-state index in [4.69, 9.17) is 11.6 Å². The smallest absolute Gasteiger partial charge is 0.269 e. The topological polar surface area (TPSA) is 60.2 Å². The van der Waals surface area contributed by atoms with Gasteiger partial charge in [-0.05, 0) is 40.9 Å². The first-order chi connectivity index (χ1) is 9.58. The lowest BCUT2D eigenvalue weighted by molar-refractivity contribution is -0.384. The molecule has 5 heteroatoms. The summed E-state index contributed by atoms with van der Waals surface area (Å²) in [5.74, 6) is 0. The van der Waals surface area contributed by atoms with E-state index in [1.165, 1.54) is 12.1 Å². The number of non-ortho nitro benzene ring substituents is 1. The first-order valence-corrected chi connectivity index (χ1v) is 6.17. The predicted molar refractivity (Wildman–Crippen MR) is 78.3 cm³/mol. The van der Waals surface area contributed by atoms with Crippen molar-refractivity contribution in [2.24, 2.45) is 0 Å². The Kier molecular flexibility index (Phi) is 4.27. The van der Waals surface area contributed by atoms with Crippen molar-refractivity contribution in [2.45, 2.75) is 0 Å². The predicted octanol–water partition coefficient (Wildman–Crippen LogP) is 3.90. The zero-order chi connectivity index (χ0) is 14.5. The van der Waals surface area contributed by atoms with E-state index in [0.29, 0.717) is 16.7 Å². The van der Waals surface area contributed by atoms with Gasteiger partial charge >= 0.3 is 0 Å². The summed E-state index contributed by atoms with van der Waals surface area (Å²) >= 11 is 5.59. The Morgan fingerprint density at radius 2 is 1.65 bits per heavy atom. The summed E-state index contributed by atoms with van der Waals surface area (Å²) < 4.78 is 0. The van der Waals surface area contributed by atoms with Crippen LogP contribution in [0.15, 0.2) is 54.6 Å². The number of rotatable bonds is 4. The van der Waals surface area contributed by atoms with Crippen LogP contribution in [-0.4, -0.2) is 10.2 Å². The van der Waals surface area contributed by atoms with Crippen LogP contribution in [0.3, 0.4) is 0 Å². The highest BCUT2D eigenvalue weighted by atomic mass is 35.5. The Bertz CT molecular complexity index is 663. The number of allylic oxidation sites excluding steroid dienone is 1.